The monoisotopic (exact) mass is 214 g/mol. The highest BCUT2D eigenvalue weighted by Gasteiger charge is 2.01. The Balaban J connectivity index is 1.94. The van der Waals surface area contributed by atoms with Crippen LogP contribution in [0, 0.1) is 0 Å². The summed E-state index contributed by atoms with van der Waals surface area (Å²) in [4.78, 5) is 11.5. The molecule has 80 valence electrons. The lowest BCUT2D eigenvalue weighted by Crippen LogP contribution is -2.17. The Kier molecular flexibility index (Phi) is 3.13. The molecule has 16 heavy (non-hydrogen) atoms. The van der Waals surface area contributed by atoms with Gasteiger partial charge in [-0.15, -0.1) is 0 Å². The lowest BCUT2D eigenvalue weighted by atomic mass is 10.2. The first-order valence-corrected chi connectivity index (χ1v) is 4.78. The molecule has 0 fully saturated rings. The van der Waals surface area contributed by atoms with Crippen molar-refractivity contribution in [3.8, 4) is 0 Å². The maximum absolute atomic E-state index is 11.5. The molecule has 1 aromatic heterocycles. The molecule has 0 saturated carbocycles. The van der Waals surface area contributed by atoms with Crippen LogP contribution in [0.4, 0.5) is 0 Å². The van der Waals surface area contributed by atoms with Gasteiger partial charge in [-0.2, -0.15) is 5.10 Å². The van der Waals surface area contributed by atoms with Crippen molar-refractivity contribution in [1.29, 1.82) is 0 Å². The van der Waals surface area contributed by atoms with Crippen LogP contribution in [0.1, 0.15) is 16.1 Å². The van der Waals surface area contributed by atoms with E-state index < -0.39 is 0 Å². The van der Waals surface area contributed by atoms with Crippen molar-refractivity contribution in [3.05, 3.63) is 60.1 Å². The largest absolute Gasteiger partial charge is 0.463 e. The van der Waals surface area contributed by atoms with Crippen LogP contribution in [-0.4, -0.2) is 12.1 Å². The number of carbonyl (C=O) groups is 1. The minimum atomic E-state index is -0.247. The first kappa shape index (κ1) is 10.2. The maximum Gasteiger partial charge on any atom is 0.271 e. The minimum Gasteiger partial charge on any atom is -0.463 e. The van der Waals surface area contributed by atoms with Crippen LogP contribution in [-0.2, 0) is 0 Å². The smallest absolute Gasteiger partial charge is 0.271 e. The van der Waals surface area contributed by atoms with Crippen LogP contribution in [0.3, 0.4) is 0 Å². The average Bonchev–Trinajstić information content (AvgIpc) is 2.83. The number of hydrazone groups is 1. The fraction of sp³-hybridized carbons (Fsp3) is 0. The molecule has 1 heterocycles. The van der Waals surface area contributed by atoms with Crippen molar-refractivity contribution in [3.63, 3.8) is 0 Å². The molecule has 0 atom stereocenters. The Morgan fingerprint density at radius 1 is 1.19 bits per heavy atom. The van der Waals surface area contributed by atoms with Gasteiger partial charge in [-0.1, -0.05) is 18.2 Å². The first-order chi connectivity index (χ1) is 7.86. The van der Waals surface area contributed by atoms with Gasteiger partial charge in [-0.05, 0) is 24.3 Å². The number of benzene rings is 1. The van der Waals surface area contributed by atoms with Crippen molar-refractivity contribution in [2.24, 2.45) is 5.10 Å². The zero-order valence-electron chi connectivity index (χ0n) is 8.46. The van der Waals surface area contributed by atoms with Crippen molar-refractivity contribution < 1.29 is 9.21 Å². The summed E-state index contributed by atoms with van der Waals surface area (Å²) >= 11 is 0. The fourth-order valence-corrected chi connectivity index (χ4v) is 1.17. The van der Waals surface area contributed by atoms with Gasteiger partial charge < -0.3 is 4.42 Å². The summed E-state index contributed by atoms with van der Waals surface area (Å²) in [5.74, 6) is 0.344. The molecule has 0 spiro atoms. The van der Waals surface area contributed by atoms with Gasteiger partial charge in [0.25, 0.3) is 5.91 Å². The number of amides is 1. The number of carbonyl (C=O) groups excluding carboxylic acids is 1. The molecule has 4 heteroatoms. The summed E-state index contributed by atoms with van der Waals surface area (Å²) in [6.45, 7) is 0. The molecule has 0 saturated heterocycles. The summed E-state index contributed by atoms with van der Waals surface area (Å²) in [6, 6.07) is 12.4. The summed E-state index contributed by atoms with van der Waals surface area (Å²) in [5, 5.41) is 3.77. The molecule has 1 amide bonds. The van der Waals surface area contributed by atoms with Crippen LogP contribution >= 0.6 is 0 Å². The van der Waals surface area contributed by atoms with Gasteiger partial charge in [0.2, 0.25) is 0 Å². The fourth-order valence-electron chi connectivity index (χ4n) is 1.17. The second-order valence-electron chi connectivity index (χ2n) is 3.08. The van der Waals surface area contributed by atoms with Gasteiger partial charge in [0, 0.05) is 5.56 Å². The third-order valence-electron chi connectivity index (χ3n) is 1.94. The lowest BCUT2D eigenvalue weighted by molar-refractivity contribution is 0.0955. The number of nitrogens with one attached hydrogen (secondary N) is 1. The number of hydrogen-bond donors (Lipinski definition) is 1. The quantitative estimate of drug-likeness (QED) is 0.628. The van der Waals surface area contributed by atoms with E-state index in [1.165, 1.54) is 6.21 Å². The molecule has 0 aliphatic heterocycles. The molecular formula is C12H10N2O2. The van der Waals surface area contributed by atoms with Crippen LogP contribution in [0.5, 0.6) is 0 Å². The Morgan fingerprint density at radius 3 is 2.69 bits per heavy atom. The first-order valence-electron chi connectivity index (χ1n) is 4.78. The molecule has 0 unspecified atom stereocenters. The number of hydrogen-bond acceptors (Lipinski definition) is 3. The molecule has 2 aromatic rings. The second-order valence-corrected chi connectivity index (χ2v) is 3.08. The lowest BCUT2D eigenvalue weighted by Gasteiger charge is -1.97. The van der Waals surface area contributed by atoms with E-state index in [0.717, 1.165) is 0 Å². The van der Waals surface area contributed by atoms with Crippen molar-refractivity contribution in [1.82, 2.24) is 5.43 Å². The van der Waals surface area contributed by atoms with Crippen molar-refractivity contribution in [2.75, 3.05) is 0 Å². The van der Waals surface area contributed by atoms with E-state index in [-0.39, 0.29) is 5.91 Å². The minimum absolute atomic E-state index is 0.247. The van der Waals surface area contributed by atoms with E-state index in [0.29, 0.717) is 11.3 Å². The van der Waals surface area contributed by atoms with Gasteiger partial charge in [-0.3, -0.25) is 4.79 Å². The maximum atomic E-state index is 11.5. The number of furan rings is 1. The standard InChI is InChI=1S/C12H10N2O2/c15-12(10-5-2-1-3-6-10)14-13-9-11-7-4-8-16-11/h1-9H,(H,14,15)/b13-9+. The highest BCUT2D eigenvalue weighted by atomic mass is 16.3. The molecule has 1 aromatic carbocycles. The number of nitrogens with zero attached hydrogens (tertiary/aromatic N) is 1. The molecule has 0 aliphatic carbocycles. The predicted octanol–water partition coefficient (Wildman–Crippen LogP) is 2.04. The zero-order valence-corrected chi connectivity index (χ0v) is 8.46. The number of rotatable bonds is 3. The van der Waals surface area contributed by atoms with E-state index in [1.807, 2.05) is 6.07 Å². The SMILES string of the molecule is O=C(N/N=C/c1ccco1)c1ccccc1. The van der Waals surface area contributed by atoms with Crippen LogP contribution < -0.4 is 5.43 Å². The summed E-state index contributed by atoms with van der Waals surface area (Å²) in [6.07, 6.45) is 2.99. The summed E-state index contributed by atoms with van der Waals surface area (Å²) in [5.41, 5.74) is 2.98. The molecule has 2 rings (SSSR count). The third kappa shape index (κ3) is 2.57. The van der Waals surface area contributed by atoms with Gasteiger partial charge in [-0.25, -0.2) is 5.43 Å². The van der Waals surface area contributed by atoms with Gasteiger partial charge >= 0.3 is 0 Å². The van der Waals surface area contributed by atoms with Gasteiger partial charge in [0.15, 0.2) is 0 Å². The van der Waals surface area contributed by atoms with Crippen LogP contribution in [0.25, 0.3) is 0 Å². The molecule has 1 N–H and O–H groups in total. The Bertz CT molecular complexity index is 475. The molecule has 0 aliphatic rings. The summed E-state index contributed by atoms with van der Waals surface area (Å²) < 4.78 is 5.02. The van der Waals surface area contributed by atoms with Gasteiger partial charge in [0.05, 0.1) is 12.5 Å². The average molecular weight is 214 g/mol. The van der Waals surface area contributed by atoms with E-state index in [9.17, 15) is 4.79 Å². The van der Waals surface area contributed by atoms with Crippen LogP contribution in [0.15, 0.2) is 58.2 Å². The summed E-state index contributed by atoms with van der Waals surface area (Å²) in [7, 11) is 0. The highest BCUT2D eigenvalue weighted by Crippen LogP contribution is 1.98. The van der Waals surface area contributed by atoms with Gasteiger partial charge in [0.1, 0.15) is 5.76 Å². The van der Waals surface area contributed by atoms with Crippen LogP contribution in [0.2, 0.25) is 0 Å². The highest BCUT2D eigenvalue weighted by molar-refractivity contribution is 5.94. The predicted molar refractivity (Wildman–Crippen MR) is 60.2 cm³/mol. The third-order valence-corrected chi connectivity index (χ3v) is 1.94. The Labute approximate surface area is 92.6 Å². The van der Waals surface area contributed by atoms with Crippen molar-refractivity contribution >= 4 is 12.1 Å². The molecule has 4 nitrogen and oxygen atoms in total. The Morgan fingerprint density at radius 2 is 2.00 bits per heavy atom. The van der Waals surface area contributed by atoms with E-state index in [2.05, 4.69) is 10.5 Å². The topological polar surface area (TPSA) is 54.6 Å². The second kappa shape index (κ2) is 4.93. The molecular weight excluding hydrogens is 204 g/mol. The van der Waals surface area contributed by atoms with E-state index in [1.54, 1.807) is 42.7 Å². The zero-order chi connectivity index (χ0) is 11.2. The van der Waals surface area contributed by atoms with E-state index >= 15 is 0 Å². The van der Waals surface area contributed by atoms with E-state index in [4.69, 9.17) is 4.42 Å². The molecule has 0 radical (unpaired) electrons. The molecule has 0 bridgehead atoms. The normalized spacial score (nSPS) is 10.5. The van der Waals surface area contributed by atoms with Crippen molar-refractivity contribution in [2.45, 2.75) is 0 Å². The Hall–Kier alpha value is -2.36.